The van der Waals surface area contributed by atoms with Gasteiger partial charge in [-0.25, -0.2) is 9.48 Å². The predicted molar refractivity (Wildman–Crippen MR) is 113 cm³/mol. The number of halogens is 1. The highest BCUT2D eigenvalue weighted by Gasteiger charge is 2.35. The minimum atomic E-state index is -0.549. The van der Waals surface area contributed by atoms with Gasteiger partial charge in [-0.1, -0.05) is 11.6 Å². The molecule has 0 radical (unpaired) electrons. The van der Waals surface area contributed by atoms with Gasteiger partial charge in [0.05, 0.1) is 28.7 Å². The van der Waals surface area contributed by atoms with E-state index in [1.165, 1.54) is 22.9 Å². The molecular formula is C20H24ClN5O5. The topological polar surface area (TPSA) is 112 Å². The molecule has 10 nitrogen and oxygen atoms in total. The molecular weight excluding hydrogens is 426 g/mol. The first kappa shape index (κ1) is 21.5. The quantitative estimate of drug-likeness (QED) is 0.474. The van der Waals surface area contributed by atoms with Crippen LogP contribution in [0.4, 0.5) is 5.69 Å². The number of carbonyl (C=O) groups is 1. The molecule has 1 unspecified atom stereocenters. The zero-order valence-corrected chi connectivity index (χ0v) is 18.0. The maximum atomic E-state index is 13.1. The molecule has 1 saturated carbocycles. The summed E-state index contributed by atoms with van der Waals surface area (Å²) in [5.74, 6) is 0.260. The van der Waals surface area contributed by atoms with Gasteiger partial charge >= 0.3 is 5.69 Å². The maximum absolute atomic E-state index is 13.1. The molecule has 0 N–H and O–H groups in total. The number of ether oxygens (including phenoxy) is 1. The minimum absolute atomic E-state index is 0.0905. The summed E-state index contributed by atoms with van der Waals surface area (Å²) in [7, 11) is 1.58. The second-order valence-electron chi connectivity index (χ2n) is 7.97. The van der Waals surface area contributed by atoms with Crippen LogP contribution >= 0.6 is 11.6 Å². The molecule has 2 aliphatic rings. The molecule has 1 amide bonds. The van der Waals surface area contributed by atoms with Crippen molar-refractivity contribution < 1.29 is 14.5 Å². The Labute approximate surface area is 183 Å². The van der Waals surface area contributed by atoms with Crippen LogP contribution in [0, 0.1) is 10.1 Å². The van der Waals surface area contributed by atoms with E-state index in [9.17, 15) is 19.7 Å². The first-order valence-electron chi connectivity index (χ1n) is 10.3. The lowest BCUT2D eigenvalue weighted by Crippen LogP contribution is -2.40. The molecule has 166 valence electrons. The summed E-state index contributed by atoms with van der Waals surface area (Å²) >= 11 is 6.17. The van der Waals surface area contributed by atoms with Gasteiger partial charge in [-0.2, -0.15) is 5.10 Å². The van der Waals surface area contributed by atoms with Crippen LogP contribution in [0.2, 0.25) is 5.02 Å². The van der Waals surface area contributed by atoms with Gasteiger partial charge < -0.3 is 9.64 Å². The number of hydrogen-bond acceptors (Lipinski definition) is 6. The van der Waals surface area contributed by atoms with Gasteiger partial charge in [-0.3, -0.25) is 19.5 Å². The Bertz CT molecular complexity index is 1060. The highest BCUT2D eigenvalue weighted by molar-refractivity contribution is 6.33. The van der Waals surface area contributed by atoms with Gasteiger partial charge in [0, 0.05) is 44.3 Å². The third kappa shape index (κ3) is 4.35. The Kier molecular flexibility index (Phi) is 6.10. The van der Waals surface area contributed by atoms with Crippen LogP contribution in [0.15, 0.2) is 23.0 Å². The van der Waals surface area contributed by atoms with E-state index < -0.39 is 4.92 Å². The Hall–Kier alpha value is -2.72. The van der Waals surface area contributed by atoms with Crippen molar-refractivity contribution in [3.63, 3.8) is 0 Å². The Morgan fingerprint density at radius 2 is 2.13 bits per heavy atom. The van der Waals surface area contributed by atoms with Crippen LogP contribution in [-0.4, -0.2) is 56.9 Å². The summed E-state index contributed by atoms with van der Waals surface area (Å²) in [6.07, 6.45) is 3.44. The number of hydrogen-bond donors (Lipinski definition) is 0. The number of nitro groups is 1. The molecule has 2 heterocycles. The van der Waals surface area contributed by atoms with Crippen molar-refractivity contribution in [1.82, 2.24) is 19.2 Å². The highest BCUT2D eigenvalue weighted by Crippen LogP contribution is 2.37. The van der Waals surface area contributed by atoms with E-state index in [0.29, 0.717) is 32.1 Å². The summed E-state index contributed by atoms with van der Waals surface area (Å²) in [5, 5.41) is 15.9. The average Bonchev–Trinajstić information content (AvgIpc) is 3.55. The summed E-state index contributed by atoms with van der Waals surface area (Å²) in [5.41, 5.74) is -0.206. The third-order valence-electron chi connectivity index (χ3n) is 5.78. The van der Waals surface area contributed by atoms with Gasteiger partial charge in [-0.15, -0.1) is 0 Å². The van der Waals surface area contributed by atoms with E-state index in [4.69, 9.17) is 16.3 Å². The molecule has 1 atom stereocenters. The van der Waals surface area contributed by atoms with E-state index in [2.05, 4.69) is 5.10 Å². The fourth-order valence-corrected chi connectivity index (χ4v) is 4.25. The largest absolute Gasteiger partial charge is 0.383 e. The maximum Gasteiger partial charge on any atom is 0.346 e. The number of piperidine rings is 1. The van der Waals surface area contributed by atoms with Crippen molar-refractivity contribution in [2.24, 2.45) is 0 Å². The lowest BCUT2D eigenvalue weighted by Gasteiger charge is -2.32. The van der Waals surface area contributed by atoms with Crippen LogP contribution in [0.1, 0.15) is 53.8 Å². The molecule has 2 aromatic rings. The normalized spacial score (nSPS) is 18.9. The fraction of sp³-hybridized carbons (Fsp3) is 0.550. The van der Waals surface area contributed by atoms with Gasteiger partial charge in [0.1, 0.15) is 5.82 Å². The minimum Gasteiger partial charge on any atom is -0.383 e. The number of likely N-dealkylation sites (tertiary alicyclic amines) is 1. The first-order valence-corrected chi connectivity index (χ1v) is 10.7. The van der Waals surface area contributed by atoms with E-state index in [-0.39, 0.29) is 39.8 Å². The van der Waals surface area contributed by atoms with E-state index >= 15 is 0 Å². The van der Waals surface area contributed by atoms with Crippen molar-refractivity contribution in [3.8, 4) is 0 Å². The van der Waals surface area contributed by atoms with Crippen LogP contribution in [-0.2, 0) is 11.3 Å². The van der Waals surface area contributed by atoms with Crippen molar-refractivity contribution in [2.75, 3.05) is 26.8 Å². The number of benzene rings is 1. The second-order valence-corrected chi connectivity index (χ2v) is 8.38. The van der Waals surface area contributed by atoms with Crippen molar-refractivity contribution >= 4 is 23.2 Å². The number of amides is 1. The standard InChI is InChI=1S/C20H24ClN5O5/c1-31-10-9-24-20(28)25(14-4-5-14)18(22-24)13-3-2-8-23(12-13)19(27)16-11-15(26(29)30)6-7-17(16)21/h6-7,11,13-14H,2-5,8-10,12H2,1H3. The summed E-state index contributed by atoms with van der Waals surface area (Å²) in [6.45, 7) is 1.67. The van der Waals surface area contributed by atoms with Gasteiger partial charge in [0.15, 0.2) is 0 Å². The van der Waals surface area contributed by atoms with E-state index in [1.807, 2.05) is 0 Å². The highest BCUT2D eigenvalue weighted by atomic mass is 35.5. The first-order chi connectivity index (χ1) is 14.9. The second kappa shape index (κ2) is 8.80. The number of methoxy groups -OCH3 is 1. The zero-order chi connectivity index (χ0) is 22.1. The predicted octanol–water partition coefficient (Wildman–Crippen LogP) is 2.61. The SMILES string of the molecule is COCCn1nc(C2CCCN(C(=O)c3cc([N+](=O)[O-])ccc3Cl)C2)n(C2CC2)c1=O. The monoisotopic (exact) mass is 449 g/mol. The summed E-state index contributed by atoms with van der Waals surface area (Å²) in [4.78, 5) is 38.2. The molecule has 0 bridgehead atoms. The number of nitrogens with zero attached hydrogens (tertiary/aromatic N) is 5. The Morgan fingerprint density at radius 3 is 2.81 bits per heavy atom. The molecule has 1 saturated heterocycles. The number of rotatable bonds is 7. The molecule has 0 spiro atoms. The van der Waals surface area contributed by atoms with Crippen molar-refractivity contribution in [3.05, 3.63) is 55.2 Å². The molecule has 31 heavy (non-hydrogen) atoms. The number of aromatic nitrogens is 3. The molecule has 1 aliphatic heterocycles. The van der Waals surface area contributed by atoms with E-state index in [1.54, 1.807) is 16.6 Å². The van der Waals surface area contributed by atoms with Crippen LogP contribution in [0.5, 0.6) is 0 Å². The van der Waals surface area contributed by atoms with Crippen LogP contribution in [0.3, 0.4) is 0 Å². The lowest BCUT2D eigenvalue weighted by atomic mass is 9.96. The molecule has 1 aromatic carbocycles. The average molecular weight is 450 g/mol. The summed E-state index contributed by atoms with van der Waals surface area (Å²) in [6, 6.07) is 4.03. The number of nitro benzene ring substituents is 1. The number of carbonyl (C=O) groups excluding carboxylic acids is 1. The van der Waals surface area contributed by atoms with Gasteiger partial charge in [0.25, 0.3) is 11.6 Å². The van der Waals surface area contributed by atoms with Crippen LogP contribution < -0.4 is 5.69 Å². The lowest BCUT2D eigenvalue weighted by molar-refractivity contribution is -0.384. The van der Waals surface area contributed by atoms with Crippen LogP contribution in [0.25, 0.3) is 0 Å². The third-order valence-corrected chi connectivity index (χ3v) is 6.11. The molecule has 2 fully saturated rings. The van der Waals surface area contributed by atoms with Crippen molar-refractivity contribution in [2.45, 2.75) is 44.2 Å². The van der Waals surface area contributed by atoms with Crippen molar-refractivity contribution in [1.29, 1.82) is 0 Å². The number of non-ortho nitro benzene ring substituents is 1. The fourth-order valence-electron chi connectivity index (χ4n) is 4.05. The van der Waals surface area contributed by atoms with Gasteiger partial charge in [0.2, 0.25) is 0 Å². The smallest absolute Gasteiger partial charge is 0.346 e. The summed E-state index contributed by atoms with van der Waals surface area (Å²) < 4.78 is 8.30. The van der Waals surface area contributed by atoms with Gasteiger partial charge in [-0.05, 0) is 31.7 Å². The zero-order valence-electron chi connectivity index (χ0n) is 17.2. The molecule has 11 heteroatoms. The van der Waals surface area contributed by atoms with E-state index in [0.717, 1.165) is 25.7 Å². The molecule has 1 aromatic heterocycles. The Morgan fingerprint density at radius 1 is 1.35 bits per heavy atom. The molecule has 1 aliphatic carbocycles. The molecule has 4 rings (SSSR count). The Balaban J connectivity index is 1.60.